The molecule has 0 saturated heterocycles. The molecule has 0 aliphatic heterocycles. The molecule has 0 amide bonds. The van der Waals surface area contributed by atoms with Gasteiger partial charge in [-0.25, -0.2) is 4.39 Å². The van der Waals surface area contributed by atoms with Crippen LogP contribution < -0.4 is 0 Å². The molecule has 2 rings (SSSR count). The van der Waals surface area contributed by atoms with Gasteiger partial charge in [0, 0.05) is 23.2 Å². The molecule has 0 spiro atoms. The zero-order valence-electron chi connectivity index (χ0n) is 9.90. The number of hydrogen-bond acceptors (Lipinski definition) is 2. The number of nitrogens with zero attached hydrogens (tertiary/aromatic N) is 1. The fourth-order valence-corrected chi connectivity index (χ4v) is 2.10. The largest absolute Gasteiger partial charge is 0.388 e. The lowest BCUT2D eigenvalue weighted by Crippen LogP contribution is -2.05. The third kappa shape index (κ3) is 2.86. The van der Waals surface area contributed by atoms with E-state index >= 15 is 0 Å². The van der Waals surface area contributed by atoms with Crippen LogP contribution in [0.4, 0.5) is 4.39 Å². The van der Waals surface area contributed by atoms with Gasteiger partial charge in [-0.15, -0.1) is 0 Å². The molecule has 1 aromatic heterocycles. The highest BCUT2D eigenvalue weighted by molar-refractivity contribution is 6.31. The Hall–Kier alpha value is -1.45. The van der Waals surface area contributed by atoms with Crippen molar-refractivity contribution in [2.75, 3.05) is 0 Å². The monoisotopic (exact) mass is 265 g/mol. The number of aliphatic hydroxyl groups excluding tert-OH is 1. The number of aromatic nitrogens is 1. The molecule has 0 saturated carbocycles. The Balaban J connectivity index is 2.21. The van der Waals surface area contributed by atoms with E-state index in [0.717, 1.165) is 17.3 Å². The number of halogens is 2. The maximum atomic E-state index is 13.5. The van der Waals surface area contributed by atoms with Gasteiger partial charge in [0.1, 0.15) is 5.82 Å². The lowest BCUT2D eigenvalue weighted by molar-refractivity contribution is 0.173. The van der Waals surface area contributed by atoms with Gasteiger partial charge in [-0.3, -0.25) is 4.98 Å². The summed E-state index contributed by atoms with van der Waals surface area (Å²) in [6.07, 6.45) is 1.90. The van der Waals surface area contributed by atoms with Crippen molar-refractivity contribution < 1.29 is 9.50 Å². The molecule has 1 unspecified atom stereocenters. The predicted octanol–water partition coefficient (Wildman–Crippen LogP) is 3.46. The second-order valence-corrected chi connectivity index (χ2v) is 4.62. The van der Waals surface area contributed by atoms with E-state index in [1.807, 2.05) is 25.1 Å². The molecule has 2 nitrogen and oxygen atoms in total. The first-order valence-corrected chi connectivity index (χ1v) is 5.98. The predicted molar refractivity (Wildman–Crippen MR) is 69.0 cm³/mol. The summed E-state index contributed by atoms with van der Waals surface area (Å²) in [6.45, 7) is 1.94. The van der Waals surface area contributed by atoms with Crippen LogP contribution in [0.25, 0.3) is 0 Å². The van der Waals surface area contributed by atoms with Crippen molar-refractivity contribution in [1.29, 1.82) is 0 Å². The van der Waals surface area contributed by atoms with Crippen LogP contribution in [0.15, 0.2) is 36.7 Å². The lowest BCUT2D eigenvalue weighted by atomic mass is 10.0. The molecule has 0 aliphatic rings. The number of hydrogen-bond donors (Lipinski definition) is 1. The fraction of sp³-hybridized carbons (Fsp3) is 0.214. The summed E-state index contributed by atoms with van der Waals surface area (Å²) in [6, 6.07) is 7.06. The number of pyridine rings is 1. The van der Waals surface area contributed by atoms with Crippen LogP contribution in [-0.2, 0) is 6.42 Å². The summed E-state index contributed by atoms with van der Waals surface area (Å²) in [5.41, 5.74) is 2.08. The molecule has 0 fully saturated rings. The second-order valence-electron chi connectivity index (χ2n) is 4.21. The minimum absolute atomic E-state index is 0.238. The molecule has 0 aliphatic carbocycles. The molecule has 0 bridgehead atoms. The maximum Gasteiger partial charge on any atom is 0.147 e. The van der Waals surface area contributed by atoms with E-state index in [1.54, 1.807) is 0 Å². The van der Waals surface area contributed by atoms with Crippen molar-refractivity contribution in [1.82, 2.24) is 4.98 Å². The summed E-state index contributed by atoms with van der Waals surface area (Å²) < 4.78 is 13.5. The molecule has 1 heterocycles. The third-order valence-corrected chi connectivity index (χ3v) is 3.14. The number of rotatable bonds is 3. The molecule has 1 N–H and O–H groups in total. The van der Waals surface area contributed by atoms with Gasteiger partial charge in [-0.05, 0) is 30.2 Å². The summed E-state index contributed by atoms with van der Waals surface area (Å²) in [7, 11) is 0. The van der Waals surface area contributed by atoms with E-state index in [0.29, 0.717) is 5.02 Å². The van der Waals surface area contributed by atoms with E-state index < -0.39 is 11.9 Å². The first kappa shape index (κ1) is 13.0. The van der Waals surface area contributed by atoms with Crippen LogP contribution in [0.3, 0.4) is 0 Å². The molecular formula is C14H13ClFNO. The van der Waals surface area contributed by atoms with E-state index in [1.165, 1.54) is 12.3 Å². The van der Waals surface area contributed by atoms with Crippen LogP contribution >= 0.6 is 11.6 Å². The molecule has 94 valence electrons. The van der Waals surface area contributed by atoms with Gasteiger partial charge in [0.25, 0.3) is 0 Å². The smallest absolute Gasteiger partial charge is 0.147 e. The lowest BCUT2D eigenvalue weighted by Gasteiger charge is -2.13. The highest BCUT2D eigenvalue weighted by atomic mass is 35.5. The van der Waals surface area contributed by atoms with E-state index in [2.05, 4.69) is 4.98 Å². The van der Waals surface area contributed by atoms with E-state index in [-0.39, 0.29) is 12.0 Å². The topological polar surface area (TPSA) is 33.1 Å². The minimum atomic E-state index is -0.923. The van der Waals surface area contributed by atoms with Crippen LogP contribution in [0, 0.1) is 12.7 Å². The summed E-state index contributed by atoms with van der Waals surface area (Å²) >= 11 is 6.08. The van der Waals surface area contributed by atoms with Crippen LogP contribution in [0.1, 0.15) is 22.8 Å². The van der Waals surface area contributed by atoms with Crippen molar-refractivity contribution in [3.63, 3.8) is 0 Å². The summed E-state index contributed by atoms with van der Waals surface area (Å²) in [5, 5.41) is 10.6. The van der Waals surface area contributed by atoms with Crippen molar-refractivity contribution in [2.24, 2.45) is 0 Å². The van der Waals surface area contributed by atoms with Gasteiger partial charge in [-0.2, -0.15) is 0 Å². The highest BCUT2D eigenvalue weighted by Crippen LogP contribution is 2.25. The average Bonchev–Trinajstić information content (AvgIpc) is 2.33. The summed E-state index contributed by atoms with van der Waals surface area (Å²) in [4.78, 5) is 3.65. The SMILES string of the molecule is Cc1ccc(CC(O)c2ccncc2F)c(Cl)c1. The van der Waals surface area contributed by atoms with Gasteiger partial charge in [0.15, 0.2) is 0 Å². The molecular weight excluding hydrogens is 253 g/mol. The number of aliphatic hydroxyl groups is 1. The Kier molecular flexibility index (Phi) is 3.94. The standard InChI is InChI=1S/C14H13ClFNO/c1-9-2-3-10(12(15)6-9)7-14(18)11-4-5-17-8-13(11)16/h2-6,8,14,18H,7H2,1H3. The first-order chi connectivity index (χ1) is 8.58. The van der Waals surface area contributed by atoms with Crippen LogP contribution in [0.2, 0.25) is 5.02 Å². The average molecular weight is 266 g/mol. The molecule has 0 radical (unpaired) electrons. The van der Waals surface area contributed by atoms with Crippen molar-refractivity contribution in [3.8, 4) is 0 Å². The Morgan fingerprint density at radius 3 is 2.83 bits per heavy atom. The first-order valence-electron chi connectivity index (χ1n) is 5.60. The van der Waals surface area contributed by atoms with Crippen molar-refractivity contribution in [2.45, 2.75) is 19.4 Å². The van der Waals surface area contributed by atoms with Gasteiger partial charge in [-0.1, -0.05) is 23.7 Å². The third-order valence-electron chi connectivity index (χ3n) is 2.78. The Morgan fingerprint density at radius 1 is 1.39 bits per heavy atom. The van der Waals surface area contributed by atoms with Crippen molar-refractivity contribution >= 4 is 11.6 Å². The zero-order chi connectivity index (χ0) is 13.1. The zero-order valence-corrected chi connectivity index (χ0v) is 10.7. The maximum absolute atomic E-state index is 13.5. The second kappa shape index (κ2) is 5.46. The van der Waals surface area contributed by atoms with Gasteiger partial charge in [0.2, 0.25) is 0 Å². The fourth-order valence-electron chi connectivity index (χ4n) is 1.79. The van der Waals surface area contributed by atoms with Crippen LogP contribution in [-0.4, -0.2) is 10.1 Å². The summed E-state index contributed by atoms with van der Waals surface area (Å²) in [5.74, 6) is -0.506. The van der Waals surface area contributed by atoms with Gasteiger partial charge >= 0.3 is 0 Å². The quantitative estimate of drug-likeness (QED) is 0.922. The molecule has 1 atom stereocenters. The molecule has 1 aromatic carbocycles. The van der Waals surface area contributed by atoms with E-state index in [9.17, 15) is 9.50 Å². The molecule has 4 heteroatoms. The van der Waals surface area contributed by atoms with Crippen LogP contribution in [0.5, 0.6) is 0 Å². The minimum Gasteiger partial charge on any atom is -0.388 e. The molecule has 18 heavy (non-hydrogen) atoms. The Morgan fingerprint density at radius 2 is 2.17 bits per heavy atom. The number of benzene rings is 1. The normalized spacial score (nSPS) is 12.4. The number of aryl methyl sites for hydroxylation is 1. The van der Waals surface area contributed by atoms with E-state index in [4.69, 9.17) is 11.6 Å². The Bertz CT molecular complexity index is 559. The van der Waals surface area contributed by atoms with Gasteiger partial charge < -0.3 is 5.11 Å². The highest BCUT2D eigenvalue weighted by Gasteiger charge is 2.14. The van der Waals surface area contributed by atoms with Gasteiger partial charge in [0.05, 0.1) is 12.3 Å². The molecule has 2 aromatic rings. The van der Waals surface area contributed by atoms with Crippen molar-refractivity contribution in [3.05, 3.63) is 64.2 Å². The Labute approximate surface area is 110 Å².